The third kappa shape index (κ3) is 2.91. The van der Waals surface area contributed by atoms with Gasteiger partial charge in [-0.1, -0.05) is 0 Å². The minimum atomic E-state index is -0.405. The van der Waals surface area contributed by atoms with Crippen molar-refractivity contribution in [3.63, 3.8) is 0 Å². The van der Waals surface area contributed by atoms with Crippen LogP contribution < -0.4 is 11.2 Å². The van der Waals surface area contributed by atoms with Crippen LogP contribution in [0.2, 0.25) is 0 Å². The van der Waals surface area contributed by atoms with Gasteiger partial charge in [0.1, 0.15) is 0 Å². The highest BCUT2D eigenvalue weighted by atomic mass is 16.5. The summed E-state index contributed by atoms with van der Waals surface area (Å²) >= 11 is 0. The van der Waals surface area contributed by atoms with Crippen molar-refractivity contribution < 1.29 is 14.3 Å². The zero-order chi connectivity index (χ0) is 13.0. The fraction of sp³-hybridized carbons (Fsp3) is 0.417. The lowest BCUT2D eigenvalue weighted by atomic mass is 10.1. The van der Waals surface area contributed by atoms with Crippen LogP contribution in [0.25, 0.3) is 0 Å². The third-order valence-corrected chi connectivity index (χ3v) is 2.74. The van der Waals surface area contributed by atoms with Crippen molar-refractivity contribution in [1.82, 2.24) is 5.01 Å². The number of nitrogens with two attached hydrogens (primary N) is 1. The molecule has 6 heteroatoms. The molecule has 98 valence electrons. The maximum atomic E-state index is 11.7. The van der Waals surface area contributed by atoms with E-state index in [0.717, 1.165) is 13.1 Å². The number of hydrogen-bond donors (Lipinski definition) is 2. The van der Waals surface area contributed by atoms with Crippen molar-refractivity contribution >= 4 is 17.3 Å². The number of benzene rings is 1. The van der Waals surface area contributed by atoms with Crippen LogP contribution >= 0.6 is 0 Å². The van der Waals surface area contributed by atoms with Crippen molar-refractivity contribution in [2.75, 3.05) is 44.6 Å². The number of hydrazine groups is 1. The predicted molar refractivity (Wildman–Crippen MR) is 68.2 cm³/mol. The highest BCUT2D eigenvalue weighted by Gasteiger charge is 2.16. The van der Waals surface area contributed by atoms with Gasteiger partial charge >= 0.3 is 5.97 Å². The average Bonchev–Trinajstić information content (AvgIpc) is 2.41. The first-order valence-electron chi connectivity index (χ1n) is 5.78. The first-order chi connectivity index (χ1) is 8.70. The molecule has 18 heavy (non-hydrogen) atoms. The Morgan fingerprint density at radius 2 is 2.17 bits per heavy atom. The topological polar surface area (TPSA) is 76.8 Å². The second-order valence-electron chi connectivity index (χ2n) is 4.01. The van der Waals surface area contributed by atoms with E-state index in [1.165, 1.54) is 7.11 Å². The number of carbonyl (C=O) groups excluding carboxylic acids is 1. The number of nitrogen functional groups attached to an aromatic ring is 1. The molecule has 6 nitrogen and oxygen atoms in total. The molecule has 0 aliphatic carbocycles. The van der Waals surface area contributed by atoms with Gasteiger partial charge in [-0.05, 0) is 18.2 Å². The minimum Gasteiger partial charge on any atom is -0.465 e. The lowest BCUT2D eigenvalue weighted by molar-refractivity contribution is 0.0494. The zero-order valence-corrected chi connectivity index (χ0v) is 10.3. The van der Waals surface area contributed by atoms with Crippen LogP contribution in [-0.2, 0) is 9.47 Å². The smallest absolute Gasteiger partial charge is 0.340 e. The van der Waals surface area contributed by atoms with Gasteiger partial charge in [0.15, 0.2) is 0 Å². The van der Waals surface area contributed by atoms with Crippen molar-refractivity contribution in [2.45, 2.75) is 0 Å². The molecule has 0 bridgehead atoms. The Morgan fingerprint density at radius 3 is 2.83 bits per heavy atom. The van der Waals surface area contributed by atoms with Gasteiger partial charge in [0, 0.05) is 18.8 Å². The first-order valence-corrected chi connectivity index (χ1v) is 5.78. The Morgan fingerprint density at radius 1 is 1.44 bits per heavy atom. The van der Waals surface area contributed by atoms with Crippen LogP contribution in [0.5, 0.6) is 0 Å². The second-order valence-corrected chi connectivity index (χ2v) is 4.01. The van der Waals surface area contributed by atoms with Gasteiger partial charge in [-0.3, -0.25) is 0 Å². The number of anilines is 2. The number of rotatable bonds is 3. The highest BCUT2D eigenvalue weighted by Crippen LogP contribution is 2.20. The summed E-state index contributed by atoms with van der Waals surface area (Å²) < 4.78 is 10.0. The van der Waals surface area contributed by atoms with Gasteiger partial charge in [-0.25, -0.2) is 9.80 Å². The van der Waals surface area contributed by atoms with E-state index < -0.39 is 5.97 Å². The Hall–Kier alpha value is -1.79. The van der Waals surface area contributed by atoms with E-state index in [0.29, 0.717) is 30.2 Å². The molecule has 0 radical (unpaired) electrons. The summed E-state index contributed by atoms with van der Waals surface area (Å²) in [4.78, 5) is 11.7. The van der Waals surface area contributed by atoms with Gasteiger partial charge in [-0.15, -0.1) is 0 Å². The number of hydrogen-bond acceptors (Lipinski definition) is 6. The van der Waals surface area contributed by atoms with Gasteiger partial charge in [0.05, 0.1) is 31.6 Å². The fourth-order valence-corrected chi connectivity index (χ4v) is 1.78. The monoisotopic (exact) mass is 251 g/mol. The summed E-state index contributed by atoms with van der Waals surface area (Å²) in [7, 11) is 1.35. The molecular formula is C12H17N3O3. The normalized spacial score (nSPS) is 16.3. The molecule has 0 atom stereocenters. The molecule has 1 heterocycles. The summed E-state index contributed by atoms with van der Waals surface area (Å²) in [6, 6.07) is 5.13. The number of carbonyl (C=O) groups is 1. The molecule has 1 aromatic rings. The third-order valence-electron chi connectivity index (χ3n) is 2.74. The van der Waals surface area contributed by atoms with Gasteiger partial charge in [-0.2, -0.15) is 0 Å². The van der Waals surface area contributed by atoms with E-state index in [9.17, 15) is 4.79 Å². The molecule has 1 aliphatic heterocycles. The van der Waals surface area contributed by atoms with E-state index in [2.05, 4.69) is 5.43 Å². The number of nitrogens with one attached hydrogen (secondary N) is 1. The Kier molecular flexibility index (Phi) is 4.01. The number of esters is 1. The zero-order valence-electron chi connectivity index (χ0n) is 10.3. The molecule has 1 fully saturated rings. The quantitative estimate of drug-likeness (QED) is 0.608. The Balaban J connectivity index is 2.17. The summed E-state index contributed by atoms with van der Waals surface area (Å²) in [5, 5.41) is 2.00. The summed E-state index contributed by atoms with van der Waals surface area (Å²) in [6.45, 7) is 2.89. The standard InChI is InChI=1S/C12H17N3O3/c1-17-12(16)10-8-9(13)2-3-11(10)14-15-4-6-18-7-5-15/h2-3,8,14H,4-7,13H2,1H3. The highest BCUT2D eigenvalue weighted by molar-refractivity contribution is 5.96. The molecule has 0 amide bonds. The van der Waals surface area contributed by atoms with Crippen LogP contribution in [0, 0.1) is 0 Å². The van der Waals surface area contributed by atoms with Crippen molar-refractivity contribution in [2.24, 2.45) is 0 Å². The van der Waals surface area contributed by atoms with Crippen molar-refractivity contribution in [3.05, 3.63) is 23.8 Å². The Bertz CT molecular complexity index is 431. The summed E-state index contributed by atoms with van der Waals surface area (Å²) in [6.07, 6.45) is 0. The molecule has 0 unspecified atom stereocenters. The number of ether oxygens (including phenoxy) is 2. The first kappa shape index (κ1) is 12.7. The fourth-order valence-electron chi connectivity index (χ4n) is 1.78. The van der Waals surface area contributed by atoms with Crippen LogP contribution in [0.4, 0.5) is 11.4 Å². The predicted octanol–water partition coefficient (Wildman–Crippen LogP) is 0.714. The molecule has 3 N–H and O–H groups in total. The lowest BCUT2D eigenvalue weighted by Crippen LogP contribution is -2.40. The van der Waals surface area contributed by atoms with E-state index >= 15 is 0 Å². The average molecular weight is 251 g/mol. The van der Waals surface area contributed by atoms with Gasteiger partial charge in [0.2, 0.25) is 0 Å². The maximum Gasteiger partial charge on any atom is 0.340 e. The van der Waals surface area contributed by atoms with E-state index in [1.807, 2.05) is 5.01 Å². The summed E-state index contributed by atoms with van der Waals surface area (Å²) in [5.74, 6) is -0.405. The van der Waals surface area contributed by atoms with Crippen molar-refractivity contribution in [1.29, 1.82) is 0 Å². The SMILES string of the molecule is COC(=O)c1cc(N)ccc1NN1CCOCC1. The molecule has 1 aromatic carbocycles. The Labute approximate surface area is 106 Å². The number of nitrogens with zero attached hydrogens (tertiary/aromatic N) is 1. The number of morpholine rings is 1. The molecular weight excluding hydrogens is 234 g/mol. The maximum absolute atomic E-state index is 11.7. The van der Waals surface area contributed by atoms with E-state index in [4.69, 9.17) is 15.2 Å². The molecule has 0 spiro atoms. The molecule has 1 saturated heterocycles. The lowest BCUT2D eigenvalue weighted by Gasteiger charge is -2.28. The number of methoxy groups -OCH3 is 1. The molecule has 0 saturated carbocycles. The van der Waals surface area contributed by atoms with Crippen LogP contribution in [0.3, 0.4) is 0 Å². The minimum absolute atomic E-state index is 0.405. The summed E-state index contributed by atoms with van der Waals surface area (Å²) in [5.41, 5.74) is 10.5. The van der Waals surface area contributed by atoms with Crippen molar-refractivity contribution in [3.8, 4) is 0 Å². The van der Waals surface area contributed by atoms with Gasteiger partial charge in [0.25, 0.3) is 0 Å². The van der Waals surface area contributed by atoms with Gasteiger partial charge < -0.3 is 20.6 Å². The molecule has 1 aliphatic rings. The van der Waals surface area contributed by atoms with E-state index in [-0.39, 0.29) is 0 Å². The van der Waals surface area contributed by atoms with Crippen LogP contribution in [0.1, 0.15) is 10.4 Å². The molecule has 2 rings (SSSR count). The largest absolute Gasteiger partial charge is 0.465 e. The van der Waals surface area contributed by atoms with Crippen LogP contribution in [-0.4, -0.2) is 44.4 Å². The van der Waals surface area contributed by atoms with Crippen LogP contribution in [0.15, 0.2) is 18.2 Å². The second kappa shape index (κ2) is 5.70. The van der Waals surface area contributed by atoms with E-state index in [1.54, 1.807) is 18.2 Å². The molecule has 0 aromatic heterocycles.